The van der Waals surface area contributed by atoms with Crippen molar-refractivity contribution >= 4 is 37.9 Å². The van der Waals surface area contributed by atoms with E-state index in [4.69, 9.17) is 0 Å². The molecule has 0 spiro atoms. The molecule has 0 saturated carbocycles. The summed E-state index contributed by atoms with van der Waals surface area (Å²) >= 11 is 6.25. The number of rotatable bonds is 1. The van der Waals surface area contributed by atoms with E-state index in [-0.39, 0.29) is 5.82 Å². The van der Waals surface area contributed by atoms with Crippen LogP contribution in [0.2, 0.25) is 0 Å². The smallest absolute Gasteiger partial charge is 0.131 e. The normalized spacial score (nSPS) is 10.8. The fourth-order valence-corrected chi connectivity index (χ4v) is 1.32. The van der Waals surface area contributed by atoms with E-state index in [9.17, 15) is 4.39 Å². The van der Waals surface area contributed by atoms with Crippen LogP contribution in [0.5, 0.6) is 0 Å². The van der Waals surface area contributed by atoms with E-state index in [0.717, 1.165) is 4.47 Å². The predicted molar refractivity (Wildman–Crippen MR) is 52.1 cm³/mol. The Morgan fingerprint density at radius 1 is 1.36 bits per heavy atom. The second-order valence-corrected chi connectivity index (χ2v) is 3.40. The monoisotopic (exact) mass is 278 g/mol. The quantitative estimate of drug-likeness (QED) is 0.730. The first-order valence-corrected chi connectivity index (χ1v) is 4.66. The van der Waals surface area contributed by atoms with E-state index >= 15 is 0 Å². The van der Waals surface area contributed by atoms with Crippen molar-refractivity contribution < 1.29 is 4.39 Å². The lowest BCUT2D eigenvalue weighted by atomic mass is 10.2. The molecular weight excluding hydrogens is 275 g/mol. The number of hydrogen-bond acceptors (Lipinski definition) is 0. The summed E-state index contributed by atoms with van der Waals surface area (Å²) < 4.78 is 13.7. The molecule has 0 aliphatic heterocycles. The highest BCUT2D eigenvalue weighted by Gasteiger charge is 1.97. The van der Waals surface area contributed by atoms with Gasteiger partial charge in [-0.2, -0.15) is 0 Å². The van der Waals surface area contributed by atoms with Crippen LogP contribution in [-0.2, 0) is 0 Å². The van der Waals surface area contributed by atoms with Crippen molar-refractivity contribution in [1.82, 2.24) is 0 Å². The van der Waals surface area contributed by atoms with Gasteiger partial charge < -0.3 is 0 Å². The van der Waals surface area contributed by atoms with E-state index in [0.29, 0.717) is 5.56 Å². The lowest BCUT2D eigenvalue weighted by molar-refractivity contribution is 0.624. The van der Waals surface area contributed by atoms with Crippen molar-refractivity contribution in [3.05, 3.63) is 39.0 Å². The minimum absolute atomic E-state index is 0.227. The Morgan fingerprint density at radius 2 is 2.09 bits per heavy atom. The minimum atomic E-state index is -0.227. The highest BCUT2D eigenvalue weighted by Crippen LogP contribution is 2.16. The number of hydrogen-bond donors (Lipinski definition) is 0. The Kier molecular flexibility index (Phi) is 3.27. The molecule has 0 aromatic heterocycles. The van der Waals surface area contributed by atoms with Crippen LogP contribution in [0.15, 0.2) is 27.7 Å². The Hall–Kier alpha value is -0.150. The lowest BCUT2D eigenvalue weighted by Gasteiger charge is -1.95. The van der Waals surface area contributed by atoms with Gasteiger partial charge in [-0.15, -0.1) is 0 Å². The molecule has 0 atom stereocenters. The van der Waals surface area contributed by atoms with E-state index in [2.05, 4.69) is 31.9 Å². The fourth-order valence-electron chi connectivity index (χ4n) is 0.705. The van der Waals surface area contributed by atoms with Crippen LogP contribution >= 0.6 is 31.9 Å². The summed E-state index contributed by atoms with van der Waals surface area (Å²) in [5, 5.41) is 0. The highest BCUT2D eigenvalue weighted by atomic mass is 79.9. The Balaban J connectivity index is 3.09. The summed E-state index contributed by atoms with van der Waals surface area (Å²) in [6.45, 7) is 0. The molecule has 0 N–H and O–H groups in total. The average molecular weight is 280 g/mol. The molecule has 0 heterocycles. The molecule has 0 aliphatic rings. The molecule has 58 valence electrons. The third-order valence-corrected chi connectivity index (χ3v) is 1.96. The highest BCUT2D eigenvalue weighted by molar-refractivity contribution is 9.11. The fraction of sp³-hybridized carbons (Fsp3) is 0. The van der Waals surface area contributed by atoms with Gasteiger partial charge in [-0.1, -0.05) is 37.9 Å². The zero-order chi connectivity index (χ0) is 8.27. The molecule has 0 aliphatic carbocycles. The average Bonchev–Trinajstić information content (AvgIpc) is 1.95. The maximum Gasteiger partial charge on any atom is 0.131 e. The zero-order valence-electron chi connectivity index (χ0n) is 5.52. The molecule has 0 radical (unpaired) electrons. The van der Waals surface area contributed by atoms with Crippen molar-refractivity contribution in [2.75, 3.05) is 0 Å². The molecule has 0 nitrogen and oxygen atoms in total. The molecule has 0 fully saturated rings. The van der Waals surface area contributed by atoms with Gasteiger partial charge in [0.1, 0.15) is 5.82 Å². The summed E-state index contributed by atoms with van der Waals surface area (Å²) in [4.78, 5) is 1.62. The molecule has 0 saturated heterocycles. The van der Waals surface area contributed by atoms with E-state index in [1.54, 1.807) is 23.2 Å². The summed E-state index contributed by atoms with van der Waals surface area (Å²) in [7, 11) is 0. The molecular formula is C8H5Br2F. The third kappa shape index (κ3) is 2.42. The maximum absolute atomic E-state index is 12.9. The Bertz CT molecular complexity index is 281. The number of halogens is 3. The van der Waals surface area contributed by atoms with Gasteiger partial charge >= 0.3 is 0 Å². The van der Waals surface area contributed by atoms with Gasteiger partial charge in [0, 0.05) is 10.0 Å². The SMILES string of the molecule is Fc1cc(Br)ccc1/C=C\Br. The predicted octanol–water partition coefficient (Wildman–Crippen LogP) is 3.95. The third-order valence-electron chi connectivity index (χ3n) is 1.21. The first-order valence-electron chi connectivity index (χ1n) is 2.96. The molecule has 0 bridgehead atoms. The molecule has 1 aromatic rings. The van der Waals surface area contributed by atoms with Crippen molar-refractivity contribution in [3.63, 3.8) is 0 Å². The number of benzene rings is 1. The van der Waals surface area contributed by atoms with Gasteiger partial charge in [0.25, 0.3) is 0 Å². The van der Waals surface area contributed by atoms with Crippen LogP contribution in [0.3, 0.4) is 0 Å². The van der Waals surface area contributed by atoms with Gasteiger partial charge in [0.2, 0.25) is 0 Å². The molecule has 3 heteroatoms. The van der Waals surface area contributed by atoms with Crippen LogP contribution in [0.25, 0.3) is 6.08 Å². The van der Waals surface area contributed by atoms with Crippen molar-refractivity contribution in [2.24, 2.45) is 0 Å². The van der Waals surface area contributed by atoms with Gasteiger partial charge in [0.05, 0.1) is 0 Å². The van der Waals surface area contributed by atoms with E-state index < -0.39 is 0 Å². The summed E-state index contributed by atoms with van der Waals surface area (Å²) in [6.07, 6.45) is 1.65. The van der Waals surface area contributed by atoms with Crippen molar-refractivity contribution in [3.8, 4) is 0 Å². The van der Waals surface area contributed by atoms with Crippen LogP contribution in [0.4, 0.5) is 4.39 Å². The van der Waals surface area contributed by atoms with Crippen LogP contribution in [-0.4, -0.2) is 0 Å². The summed E-state index contributed by atoms with van der Waals surface area (Å²) in [6, 6.07) is 4.94. The van der Waals surface area contributed by atoms with Crippen LogP contribution < -0.4 is 0 Å². The molecule has 1 aromatic carbocycles. The van der Waals surface area contributed by atoms with Crippen molar-refractivity contribution in [2.45, 2.75) is 0 Å². The Labute approximate surface area is 81.4 Å². The first kappa shape index (κ1) is 8.94. The molecule has 0 amide bonds. The zero-order valence-corrected chi connectivity index (χ0v) is 8.69. The van der Waals surface area contributed by atoms with Crippen LogP contribution in [0, 0.1) is 5.82 Å². The van der Waals surface area contributed by atoms with Gasteiger partial charge in [-0.05, 0) is 23.2 Å². The van der Waals surface area contributed by atoms with Crippen molar-refractivity contribution in [1.29, 1.82) is 0 Å². The Morgan fingerprint density at radius 3 is 2.64 bits per heavy atom. The maximum atomic E-state index is 12.9. The first-order chi connectivity index (χ1) is 5.24. The largest absolute Gasteiger partial charge is 0.206 e. The van der Waals surface area contributed by atoms with Gasteiger partial charge in [-0.3, -0.25) is 0 Å². The summed E-state index contributed by atoms with van der Waals surface area (Å²) in [5.74, 6) is -0.227. The van der Waals surface area contributed by atoms with Gasteiger partial charge in [0.15, 0.2) is 0 Å². The molecule has 1 rings (SSSR count). The topological polar surface area (TPSA) is 0 Å². The standard InChI is InChI=1S/C8H5Br2F/c9-4-3-6-1-2-7(10)5-8(6)11/h1-5H/b4-3-. The minimum Gasteiger partial charge on any atom is -0.206 e. The second kappa shape index (κ2) is 4.02. The summed E-state index contributed by atoms with van der Waals surface area (Å²) in [5.41, 5.74) is 0.574. The molecule has 11 heavy (non-hydrogen) atoms. The lowest BCUT2D eigenvalue weighted by Crippen LogP contribution is -1.79. The second-order valence-electron chi connectivity index (χ2n) is 1.96. The van der Waals surface area contributed by atoms with Crippen LogP contribution in [0.1, 0.15) is 5.56 Å². The van der Waals surface area contributed by atoms with Gasteiger partial charge in [-0.25, -0.2) is 4.39 Å². The van der Waals surface area contributed by atoms with E-state index in [1.165, 1.54) is 6.07 Å². The van der Waals surface area contributed by atoms with E-state index in [1.807, 2.05) is 0 Å². The molecule has 0 unspecified atom stereocenters.